The largest absolute Gasteiger partial charge is 0.394 e. The smallest absolute Gasteiger partial charge is 0.187 e. The molecule has 0 aromatic carbocycles. The molecule has 41 atom stereocenters. The Bertz CT molecular complexity index is 2580. The van der Waals surface area contributed by atoms with Crippen LogP contribution in [0.5, 0.6) is 0 Å². The number of aliphatic hydroxyl groups is 21. The van der Waals surface area contributed by atoms with E-state index in [1.807, 2.05) is 0 Å². The van der Waals surface area contributed by atoms with Crippen molar-refractivity contribution in [2.45, 2.75) is 301 Å². The molecule has 0 spiro atoms. The van der Waals surface area contributed by atoms with Crippen molar-refractivity contribution >= 4 is 0 Å². The van der Waals surface area contributed by atoms with E-state index in [1.165, 1.54) is 0 Å². The monoisotopic (exact) mass is 1520 g/mol. The van der Waals surface area contributed by atoms with Crippen molar-refractivity contribution in [1.82, 2.24) is 0 Å². The molecule has 36 nitrogen and oxygen atoms in total. The van der Waals surface area contributed by atoms with Crippen LogP contribution in [0.15, 0.2) is 0 Å². The number of hydrogen-bond acceptors (Lipinski definition) is 36. The maximum atomic E-state index is 11.4. The van der Waals surface area contributed by atoms with E-state index in [1.54, 1.807) is 0 Å². The summed E-state index contributed by atoms with van der Waals surface area (Å²) >= 11 is 0. The third kappa shape index (κ3) is 18.2. The van der Waals surface area contributed by atoms with Gasteiger partial charge in [-0.1, -0.05) is 53.9 Å². The minimum Gasteiger partial charge on any atom is -0.394 e. The van der Waals surface area contributed by atoms with E-state index in [-0.39, 0.29) is 98.9 Å². The number of hydrogen-bond donors (Lipinski definition) is 21. The summed E-state index contributed by atoms with van der Waals surface area (Å²) in [6.45, 7) is 6.33. The molecule has 10 fully saturated rings. The minimum absolute atomic E-state index is 0.00440. The molecular formula is C69H120O36. The van der Waals surface area contributed by atoms with Gasteiger partial charge in [0, 0.05) is 5.41 Å². The first-order chi connectivity index (χ1) is 50.0. The molecule has 0 aromatic heterocycles. The van der Waals surface area contributed by atoms with Crippen molar-refractivity contribution in [2.24, 2.45) is 52.3 Å². The van der Waals surface area contributed by atoms with E-state index in [0.717, 1.165) is 38.5 Å². The van der Waals surface area contributed by atoms with Crippen LogP contribution in [0.1, 0.15) is 98.8 Å². The second kappa shape index (κ2) is 37.7. The molecule has 105 heavy (non-hydrogen) atoms. The van der Waals surface area contributed by atoms with Gasteiger partial charge in [0.15, 0.2) is 37.7 Å². The number of aliphatic hydroxyl groups excluding tert-OH is 21. The highest BCUT2D eigenvalue weighted by atomic mass is 16.8. The van der Waals surface area contributed by atoms with Crippen LogP contribution >= 0.6 is 0 Å². The second-order valence-electron chi connectivity index (χ2n) is 31.5. The second-order valence-corrected chi connectivity index (χ2v) is 31.5. The van der Waals surface area contributed by atoms with Crippen LogP contribution in [0.3, 0.4) is 0 Å². The van der Waals surface area contributed by atoms with Crippen LogP contribution in [0.4, 0.5) is 0 Å². The summed E-state index contributed by atoms with van der Waals surface area (Å²) in [4.78, 5) is 0. The molecule has 0 amide bonds. The Hall–Kier alpha value is -1.44. The van der Waals surface area contributed by atoms with Gasteiger partial charge in [0.05, 0.1) is 97.6 Å². The summed E-state index contributed by atoms with van der Waals surface area (Å²) in [7, 11) is 0. The van der Waals surface area contributed by atoms with Crippen molar-refractivity contribution in [3.05, 3.63) is 0 Å². The highest BCUT2D eigenvalue weighted by Crippen LogP contribution is 2.69. The summed E-state index contributed by atoms with van der Waals surface area (Å²) in [6, 6.07) is 0. The van der Waals surface area contributed by atoms with E-state index >= 15 is 0 Å². The van der Waals surface area contributed by atoms with Crippen LogP contribution in [0.25, 0.3) is 0 Å². The average molecular weight is 1530 g/mol. The summed E-state index contributed by atoms with van der Waals surface area (Å²) < 4.78 is 90.4. The Labute approximate surface area is 609 Å². The van der Waals surface area contributed by atoms with Gasteiger partial charge < -0.3 is 178 Å². The summed E-state index contributed by atoms with van der Waals surface area (Å²) in [5.41, 5.74) is -0.770. The highest BCUT2D eigenvalue weighted by Gasteiger charge is 2.67. The van der Waals surface area contributed by atoms with Gasteiger partial charge in [-0.25, -0.2) is 0 Å². The fraction of sp³-hybridized carbons (Fsp3) is 1.00. The highest BCUT2D eigenvalue weighted by molar-refractivity contribution is 5.15. The van der Waals surface area contributed by atoms with Gasteiger partial charge in [-0.05, 0) is 91.8 Å². The third-order valence-corrected chi connectivity index (χ3v) is 24.9. The van der Waals surface area contributed by atoms with E-state index in [4.69, 9.17) is 71.1 Å². The van der Waals surface area contributed by atoms with Crippen LogP contribution in [-0.4, -0.2) is 389 Å². The van der Waals surface area contributed by atoms with E-state index in [2.05, 4.69) is 34.6 Å². The molecule has 12 unspecified atom stereocenters. The lowest BCUT2D eigenvalue weighted by molar-refractivity contribution is -0.360. The summed E-state index contributed by atoms with van der Waals surface area (Å²) in [5.74, 6) is 0.935. The van der Waals surface area contributed by atoms with Crippen molar-refractivity contribution < 1.29 is 178 Å². The van der Waals surface area contributed by atoms with Crippen LogP contribution in [0.2, 0.25) is 0 Å². The van der Waals surface area contributed by atoms with Crippen molar-refractivity contribution in [3.8, 4) is 0 Å². The molecule has 4 saturated carbocycles. The molecule has 0 bridgehead atoms. The fourth-order valence-electron chi connectivity index (χ4n) is 18.9. The maximum Gasteiger partial charge on any atom is 0.187 e. The fourth-order valence-corrected chi connectivity index (χ4v) is 18.9. The van der Waals surface area contributed by atoms with Gasteiger partial charge in [0.2, 0.25) is 0 Å². The Kier molecular flexibility index (Phi) is 30.9. The lowest BCUT2D eigenvalue weighted by atomic mass is 9.43. The molecule has 6 heterocycles. The van der Waals surface area contributed by atoms with Crippen molar-refractivity contribution in [3.63, 3.8) is 0 Å². The minimum atomic E-state index is -1.86. The number of ether oxygens (including phenoxy) is 15. The predicted molar refractivity (Wildman–Crippen MR) is 350 cm³/mol. The molecule has 6 aliphatic heterocycles. The van der Waals surface area contributed by atoms with Gasteiger partial charge >= 0.3 is 0 Å². The van der Waals surface area contributed by atoms with E-state index < -0.39 is 229 Å². The molecule has 21 N–H and O–H groups in total. The lowest BCUT2D eigenvalue weighted by Crippen LogP contribution is -2.64. The zero-order valence-corrected chi connectivity index (χ0v) is 60.2. The first-order valence-electron chi connectivity index (χ1n) is 37.5. The van der Waals surface area contributed by atoms with Gasteiger partial charge in [-0.2, -0.15) is 0 Å². The summed E-state index contributed by atoms with van der Waals surface area (Å²) in [6.07, 6.45) is -42.4. The van der Waals surface area contributed by atoms with E-state index in [9.17, 15) is 107 Å². The number of fused-ring (bicyclic) bond motifs is 5. The molecular weight excluding hydrogens is 1400 g/mol. The zero-order valence-electron chi connectivity index (χ0n) is 60.2. The molecule has 0 radical (unpaired) electrons. The standard InChI is InChI=1S/C69H120O36/c1-28(2)7-6-8-29(3)32-9-10-33-43-34(21-42(69(32,33)5)93-15-18-96-64-58(90)52(84)61(41(27-75)102-64)105-67-55(87)49(81)46(78)38(24-72)99-67)68(4)12-11-31(91-13-16-94-62-56(88)50(82)59(39(25-73)100-62)103-65-53(85)47(79)44(76)36(22-70)97-65)19-30(68)20-35(43)92-14-17-95-63-57(89)51(83)60(40(26-74)101-63)104-66-54(86)48(80)45(77)37(23-71)98-66/h28-67,70-90H,6-27H2,1-5H3/t29-,30+,31-,32-,33+,34+,35-,36?,37?,38?,39?,40?,41?,42+,43+,44-,45-,46-,47?,48?,49+,50?,51-,52?,53+,54+,55?,56+,57+,58+,59-,60?,61-,62-,63-,64-,65-,66-,67-,68+,69-/m1/s1. The molecule has 4 aliphatic carbocycles. The average Bonchev–Trinajstić information content (AvgIpc) is 1.64. The zero-order chi connectivity index (χ0) is 76.3. The Morgan fingerprint density at radius 3 is 1.13 bits per heavy atom. The van der Waals surface area contributed by atoms with Gasteiger partial charge in [-0.15, -0.1) is 0 Å². The molecule has 36 heteroatoms. The molecule has 10 rings (SSSR count). The Morgan fingerprint density at radius 1 is 0.362 bits per heavy atom. The Morgan fingerprint density at radius 2 is 0.733 bits per heavy atom. The lowest BCUT2D eigenvalue weighted by Gasteiger charge is -2.64. The van der Waals surface area contributed by atoms with E-state index in [0.29, 0.717) is 31.6 Å². The van der Waals surface area contributed by atoms with Crippen LogP contribution in [-0.2, 0) is 71.1 Å². The predicted octanol–water partition coefficient (Wildman–Crippen LogP) is -7.59. The normalized spacial score (nSPS) is 50.0. The third-order valence-electron chi connectivity index (χ3n) is 24.9. The molecule has 10 aliphatic rings. The summed E-state index contributed by atoms with van der Waals surface area (Å²) in [5, 5.41) is 223. The van der Waals surface area contributed by atoms with Crippen LogP contribution < -0.4 is 0 Å². The SMILES string of the molecule is CC(C)CCC[C@@H](C)[C@H]1CC[C@H]2[C@@H]3[C@H](OCCO[C@@H]4OC(CO)C(O[C@H]5OC(CO)[C@@H](O)C(O)[C@@H]5O)[C@H](O)[C@@H]4O)C[C@@H]4C[C@H](OCCO[C@@H]5OC(CO)[C@@H](O[C@H]6OC(CO)[C@@H](O)C(O)[C@@H]6O)C(O)[C@@H]5O)CC[C@]4(C)[C@H]3C[C@H](OCCO[C@@H]3OC(CO)[C@@H](O[C@H]4OC(CO)[C@@H](O)[C@H](O)C4O)C(O)[C@@H]3O)[C@]12C. The molecule has 6 saturated heterocycles. The topological polar surface area (TPSA) is 563 Å². The Balaban J connectivity index is 0.836. The van der Waals surface area contributed by atoms with Crippen LogP contribution in [0, 0.1) is 52.3 Å². The number of rotatable bonds is 32. The van der Waals surface area contributed by atoms with Crippen molar-refractivity contribution in [2.75, 3.05) is 79.3 Å². The van der Waals surface area contributed by atoms with Gasteiger partial charge in [0.1, 0.15) is 146 Å². The molecule has 0 aromatic rings. The van der Waals surface area contributed by atoms with Gasteiger partial charge in [-0.3, -0.25) is 0 Å². The quantitative estimate of drug-likeness (QED) is 0.0278. The first kappa shape index (κ1) is 86.0. The van der Waals surface area contributed by atoms with Crippen molar-refractivity contribution in [1.29, 1.82) is 0 Å². The molecule has 612 valence electrons. The van der Waals surface area contributed by atoms with Gasteiger partial charge in [0.25, 0.3) is 0 Å². The first-order valence-corrected chi connectivity index (χ1v) is 37.5. The maximum absolute atomic E-state index is 11.4.